The van der Waals surface area contributed by atoms with E-state index in [-0.39, 0.29) is 4.47 Å². The van der Waals surface area contributed by atoms with E-state index in [0.29, 0.717) is 21.5 Å². The van der Waals surface area contributed by atoms with Crippen molar-refractivity contribution < 1.29 is 13.2 Å². The van der Waals surface area contributed by atoms with Crippen molar-refractivity contribution in [2.24, 2.45) is 0 Å². The summed E-state index contributed by atoms with van der Waals surface area (Å²) in [6.07, 6.45) is -2.88. The molecule has 1 aromatic heterocycles. The number of benzene rings is 1. The largest absolute Gasteiger partial charge is 0.417 e. The van der Waals surface area contributed by atoms with Gasteiger partial charge in [0.15, 0.2) is 0 Å². The lowest BCUT2D eigenvalue weighted by Crippen LogP contribution is -2.06. The van der Waals surface area contributed by atoms with Crippen LogP contribution < -0.4 is 0 Å². The standard InChI is InChI=1S/C11H6BrClF3N/c1-5-4-17-9-3-8(12)7(11(14,15)16)2-6(9)10(5)13/h2-4H,1H3. The molecule has 0 radical (unpaired) electrons. The first-order valence-electron chi connectivity index (χ1n) is 4.62. The van der Waals surface area contributed by atoms with E-state index >= 15 is 0 Å². The second kappa shape index (κ2) is 4.14. The maximum Gasteiger partial charge on any atom is 0.417 e. The van der Waals surface area contributed by atoms with Gasteiger partial charge in [-0.15, -0.1) is 0 Å². The summed E-state index contributed by atoms with van der Waals surface area (Å²) < 4.78 is 38.1. The molecule has 0 bridgehead atoms. The van der Waals surface area contributed by atoms with Crippen LogP contribution in [0.4, 0.5) is 13.2 Å². The van der Waals surface area contributed by atoms with Crippen molar-refractivity contribution in [2.75, 3.05) is 0 Å². The molecule has 90 valence electrons. The lowest BCUT2D eigenvalue weighted by molar-refractivity contribution is -0.138. The van der Waals surface area contributed by atoms with E-state index in [1.54, 1.807) is 6.92 Å². The van der Waals surface area contributed by atoms with Gasteiger partial charge in [-0.25, -0.2) is 0 Å². The van der Waals surface area contributed by atoms with Crippen LogP contribution in [-0.2, 0) is 6.18 Å². The Morgan fingerprint density at radius 1 is 1.29 bits per heavy atom. The molecule has 0 unspecified atom stereocenters. The minimum Gasteiger partial charge on any atom is -0.256 e. The van der Waals surface area contributed by atoms with E-state index in [9.17, 15) is 13.2 Å². The maximum absolute atomic E-state index is 12.7. The highest BCUT2D eigenvalue weighted by Crippen LogP contribution is 2.38. The highest BCUT2D eigenvalue weighted by Gasteiger charge is 2.33. The Morgan fingerprint density at radius 2 is 1.94 bits per heavy atom. The van der Waals surface area contributed by atoms with Gasteiger partial charge in [0.25, 0.3) is 0 Å². The summed E-state index contributed by atoms with van der Waals surface area (Å²) in [5.74, 6) is 0. The molecule has 6 heteroatoms. The first-order valence-corrected chi connectivity index (χ1v) is 5.79. The normalized spacial score (nSPS) is 12.1. The molecule has 0 aliphatic carbocycles. The molecule has 2 rings (SSSR count). The van der Waals surface area contributed by atoms with E-state index < -0.39 is 11.7 Å². The van der Waals surface area contributed by atoms with Gasteiger partial charge in [-0.3, -0.25) is 4.98 Å². The Kier molecular flexibility index (Phi) is 3.08. The van der Waals surface area contributed by atoms with Crippen molar-refractivity contribution in [3.63, 3.8) is 0 Å². The fraction of sp³-hybridized carbons (Fsp3) is 0.182. The van der Waals surface area contributed by atoms with Gasteiger partial charge >= 0.3 is 6.18 Å². The number of pyridine rings is 1. The molecule has 1 heterocycles. The van der Waals surface area contributed by atoms with Crippen LogP contribution >= 0.6 is 27.5 Å². The van der Waals surface area contributed by atoms with Crippen LogP contribution in [0.25, 0.3) is 10.9 Å². The van der Waals surface area contributed by atoms with E-state index in [1.165, 1.54) is 12.3 Å². The van der Waals surface area contributed by atoms with E-state index in [0.717, 1.165) is 6.07 Å². The predicted molar refractivity (Wildman–Crippen MR) is 64.2 cm³/mol. The lowest BCUT2D eigenvalue weighted by atomic mass is 10.1. The highest BCUT2D eigenvalue weighted by atomic mass is 79.9. The number of alkyl halides is 3. The summed E-state index contributed by atoms with van der Waals surface area (Å²) in [5, 5.41) is 0.607. The molecule has 0 aliphatic rings. The number of nitrogens with zero attached hydrogens (tertiary/aromatic N) is 1. The summed E-state index contributed by atoms with van der Waals surface area (Å²) >= 11 is 8.87. The monoisotopic (exact) mass is 323 g/mol. The molecule has 0 aliphatic heterocycles. The average molecular weight is 325 g/mol. The third-order valence-corrected chi connectivity index (χ3v) is 3.53. The van der Waals surface area contributed by atoms with Gasteiger partial charge in [-0.2, -0.15) is 13.2 Å². The van der Waals surface area contributed by atoms with Crippen molar-refractivity contribution in [1.82, 2.24) is 4.98 Å². The Balaban J connectivity index is 2.83. The number of hydrogen-bond acceptors (Lipinski definition) is 1. The van der Waals surface area contributed by atoms with Crippen molar-refractivity contribution in [3.8, 4) is 0 Å². The SMILES string of the molecule is Cc1cnc2cc(Br)c(C(F)(F)F)cc2c1Cl. The van der Waals surface area contributed by atoms with E-state index in [2.05, 4.69) is 20.9 Å². The van der Waals surface area contributed by atoms with Crippen LogP contribution in [0.3, 0.4) is 0 Å². The molecule has 0 atom stereocenters. The summed E-state index contributed by atoms with van der Waals surface area (Å²) in [7, 11) is 0. The first kappa shape index (κ1) is 12.6. The molecular weight excluding hydrogens is 318 g/mol. The topological polar surface area (TPSA) is 12.9 Å². The molecule has 1 nitrogen and oxygen atoms in total. The smallest absolute Gasteiger partial charge is 0.256 e. The molecule has 0 spiro atoms. The minimum atomic E-state index is -4.42. The van der Waals surface area contributed by atoms with E-state index in [1.807, 2.05) is 0 Å². The van der Waals surface area contributed by atoms with Crippen LogP contribution in [-0.4, -0.2) is 4.98 Å². The van der Waals surface area contributed by atoms with Crippen LogP contribution in [0.1, 0.15) is 11.1 Å². The zero-order valence-corrected chi connectivity index (χ0v) is 10.9. The van der Waals surface area contributed by atoms with Crippen LogP contribution in [0.15, 0.2) is 22.8 Å². The number of fused-ring (bicyclic) bond motifs is 1. The molecule has 0 N–H and O–H groups in total. The summed E-state index contributed by atoms with van der Waals surface area (Å²) in [6.45, 7) is 1.70. The number of aromatic nitrogens is 1. The number of hydrogen-bond donors (Lipinski definition) is 0. The van der Waals surface area contributed by atoms with Gasteiger partial charge in [0.2, 0.25) is 0 Å². The van der Waals surface area contributed by atoms with Gasteiger partial charge in [-0.1, -0.05) is 27.5 Å². The number of halogens is 5. The fourth-order valence-electron chi connectivity index (χ4n) is 1.50. The minimum absolute atomic E-state index is 0.0371. The second-order valence-electron chi connectivity index (χ2n) is 3.60. The van der Waals surface area contributed by atoms with Gasteiger partial charge < -0.3 is 0 Å². The number of rotatable bonds is 0. The van der Waals surface area contributed by atoms with Crippen molar-refractivity contribution in [1.29, 1.82) is 0 Å². The third kappa shape index (κ3) is 2.26. The predicted octanol–water partition coefficient (Wildman–Crippen LogP) is 4.98. The molecule has 0 saturated carbocycles. The van der Waals surface area contributed by atoms with Crippen LogP contribution in [0.2, 0.25) is 5.02 Å². The number of aryl methyl sites for hydroxylation is 1. The lowest BCUT2D eigenvalue weighted by Gasteiger charge is -2.11. The molecule has 2 aromatic rings. The quantitative estimate of drug-likeness (QED) is 0.666. The van der Waals surface area contributed by atoms with Crippen molar-refractivity contribution in [3.05, 3.63) is 39.0 Å². The van der Waals surface area contributed by atoms with Gasteiger partial charge in [0, 0.05) is 16.1 Å². The summed E-state index contributed by atoms with van der Waals surface area (Å²) in [6, 6.07) is 2.34. The zero-order valence-electron chi connectivity index (χ0n) is 8.57. The highest BCUT2D eigenvalue weighted by molar-refractivity contribution is 9.10. The first-order chi connectivity index (χ1) is 7.80. The second-order valence-corrected chi connectivity index (χ2v) is 4.83. The van der Waals surface area contributed by atoms with Gasteiger partial charge in [-0.05, 0) is 24.6 Å². The molecule has 1 aromatic carbocycles. The van der Waals surface area contributed by atoms with Gasteiger partial charge in [0.1, 0.15) is 0 Å². The van der Waals surface area contributed by atoms with E-state index in [4.69, 9.17) is 11.6 Å². The Labute approximate surface area is 109 Å². The Hall–Kier alpha value is -0.810. The zero-order chi connectivity index (χ0) is 12.8. The van der Waals surface area contributed by atoms with Crippen molar-refractivity contribution in [2.45, 2.75) is 13.1 Å². The molecular formula is C11H6BrClF3N. The maximum atomic E-state index is 12.7. The Bertz CT molecular complexity index is 595. The third-order valence-electron chi connectivity index (χ3n) is 2.37. The molecule has 0 saturated heterocycles. The fourth-order valence-corrected chi connectivity index (χ4v) is 2.25. The average Bonchev–Trinajstić information content (AvgIpc) is 2.21. The van der Waals surface area contributed by atoms with Crippen LogP contribution in [0.5, 0.6) is 0 Å². The Morgan fingerprint density at radius 3 is 2.53 bits per heavy atom. The summed E-state index contributed by atoms with van der Waals surface area (Å²) in [4.78, 5) is 4.04. The molecule has 0 fully saturated rings. The molecule has 0 amide bonds. The van der Waals surface area contributed by atoms with Gasteiger partial charge in [0.05, 0.1) is 16.1 Å². The summed E-state index contributed by atoms with van der Waals surface area (Å²) in [5.41, 5.74) is 0.328. The van der Waals surface area contributed by atoms with Crippen molar-refractivity contribution >= 4 is 38.4 Å². The van der Waals surface area contributed by atoms with Crippen LogP contribution in [0, 0.1) is 6.92 Å². The molecule has 17 heavy (non-hydrogen) atoms.